The van der Waals surface area contributed by atoms with Crippen LogP contribution in [0, 0.1) is 0 Å². The van der Waals surface area contributed by atoms with E-state index in [2.05, 4.69) is 10.0 Å². The van der Waals surface area contributed by atoms with E-state index in [0.29, 0.717) is 5.69 Å². The Bertz CT molecular complexity index is 670. The quantitative estimate of drug-likeness (QED) is 0.827. The molecule has 2 aromatic rings. The van der Waals surface area contributed by atoms with Gasteiger partial charge in [0.15, 0.2) is 0 Å². The fourth-order valence-electron chi connectivity index (χ4n) is 1.96. The Morgan fingerprint density at radius 2 is 1.62 bits per heavy atom. The second-order valence-electron chi connectivity index (χ2n) is 4.73. The average Bonchev–Trinajstić information content (AvgIpc) is 2.52. The summed E-state index contributed by atoms with van der Waals surface area (Å²) in [5.74, 6) is 0. The summed E-state index contributed by atoms with van der Waals surface area (Å²) in [6.45, 7) is 3.06. The van der Waals surface area contributed by atoms with Crippen LogP contribution < -0.4 is 10.0 Å². The van der Waals surface area contributed by atoms with Gasteiger partial charge in [-0.25, -0.2) is 13.1 Å². The Morgan fingerprint density at radius 3 is 2.33 bits per heavy atom. The maximum atomic E-state index is 12.4. The van der Waals surface area contributed by atoms with Crippen LogP contribution in [0.1, 0.15) is 18.9 Å². The number of nitrogens with one attached hydrogen (secondary N) is 2. The standard InChI is InChI=1S/C16H20N2O2S/c1-2-12-17-15-10-6-7-11-16(15)21(19,20)18-13-14-8-4-3-5-9-14/h3-11,17-18H,2,12-13H2,1H3. The summed E-state index contributed by atoms with van der Waals surface area (Å²) in [5.41, 5.74) is 1.57. The van der Waals surface area contributed by atoms with Gasteiger partial charge in [-0.15, -0.1) is 0 Å². The molecule has 21 heavy (non-hydrogen) atoms. The van der Waals surface area contributed by atoms with Gasteiger partial charge in [0.2, 0.25) is 10.0 Å². The Kier molecular flexibility index (Phi) is 5.36. The van der Waals surface area contributed by atoms with Gasteiger partial charge in [0, 0.05) is 13.1 Å². The molecule has 0 spiro atoms. The summed E-state index contributed by atoms with van der Waals surface area (Å²) >= 11 is 0. The summed E-state index contributed by atoms with van der Waals surface area (Å²) in [6.07, 6.45) is 0.936. The largest absolute Gasteiger partial charge is 0.384 e. The molecule has 0 amide bonds. The molecule has 0 aliphatic heterocycles. The van der Waals surface area contributed by atoms with E-state index in [1.165, 1.54) is 0 Å². The molecule has 2 N–H and O–H groups in total. The third-order valence-corrected chi connectivity index (χ3v) is 4.51. The Labute approximate surface area is 126 Å². The van der Waals surface area contributed by atoms with Crippen molar-refractivity contribution in [1.82, 2.24) is 4.72 Å². The van der Waals surface area contributed by atoms with Gasteiger partial charge >= 0.3 is 0 Å². The minimum Gasteiger partial charge on any atom is -0.384 e. The molecule has 0 unspecified atom stereocenters. The van der Waals surface area contributed by atoms with Crippen molar-refractivity contribution in [3.8, 4) is 0 Å². The SMILES string of the molecule is CCCNc1ccccc1S(=O)(=O)NCc1ccccc1. The third kappa shape index (κ3) is 4.31. The van der Waals surface area contributed by atoms with Crippen LogP contribution in [0.3, 0.4) is 0 Å². The first kappa shape index (κ1) is 15.5. The molecule has 2 aromatic carbocycles. The maximum Gasteiger partial charge on any atom is 0.242 e. The lowest BCUT2D eigenvalue weighted by Gasteiger charge is -2.12. The molecule has 4 nitrogen and oxygen atoms in total. The molecular weight excluding hydrogens is 284 g/mol. The van der Waals surface area contributed by atoms with Gasteiger partial charge in [-0.2, -0.15) is 0 Å². The van der Waals surface area contributed by atoms with Crippen LogP contribution in [-0.2, 0) is 16.6 Å². The normalized spacial score (nSPS) is 11.3. The smallest absolute Gasteiger partial charge is 0.242 e. The highest BCUT2D eigenvalue weighted by Gasteiger charge is 2.17. The molecule has 0 saturated carbocycles. The Morgan fingerprint density at radius 1 is 0.952 bits per heavy atom. The minimum atomic E-state index is -3.53. The van der Waals surface area contributed by atoms with Crippen molar-refractivity contribution in [3.63, 3.8) is 0 Å². The molecule has 112 valence electrons. The number of benzene rings is 2. The molecule has 0 radical (unpaired) electrons. The van der Waals surface area contributed by atoms with Gasteiger partial charge in [0.25, 0.3) is 0 Å². The predicted octanol–water partition coefficient (Wildman–Crippen LogP) is 2.99. The highest BCUT2D eigenvalue weighted by Crippen LogP contribution is 2.20. The fourth-order valence-corrected chi connectivity index (χ4v) is 3.16. The summed E-state index contributed by atoms with van der Waals surface area (Å²) in [7, 11) is -3.53. The number of sulfonamides is 1. The topological polar surface area (TPSA) is 58.2 Å². The second-order valence-corrected chi connectivity index (χ2v) is 6.47. The zero-order valence-electron chi connectivity index (χ0n) is 12.0. The molecule has 0 saturated heterocycles. The lowest BCUT2D eigenvalue weighted by atomic mass is 10.2. The molecule has 0 aliphatic rings. The summed E-state index contributed by atoms with van der Waals surface area (Å²) in [5, 5.41) is 3.15. The summed E-state index contributed by atoms with van der Waals surface area (Å²) in [4.78, 5) is 0.286. The van der Waals surface area contributed by atoms with E-state index in [-0.39, 0.29) is 11.4 Å². The molecule has 0 atom stereocenters. The van der Waals surface area contributed by atoms with Gasteiger partial charge in [-0.3, -0.25) is 0 Å². The Balaban J connectivity index is 2.15. The molecule has 5 heteroatoms. The van der Waals surface area contributed by atoms with Crippen LogP contribution in [0.2, 0.25) is 0 Å². The minimum absolute atomic E-state index is 0.283. The van der Waals surface area contributed by atoms with Crippen molar-refractivity contribution >= 4 is 15.7 Å². The van der Waals surface area contributed by atoms with Crippen molar-refractivity contribution in [2.24, 2.45) is 0 Å². The van der Waals surface area contributed by atoms with E-state index in [0.717, 1.165) is 18.5 Å². The first-order chi connectivity index (χ1) is 10.1. The molecule has 0 bridgehead atoms. The molecular formula is C16H20N2O2S. The second kappa shape index (κ2) is 7.24. The van der Waals surface area contributed by atoms with Crippen molar-refractivity contribution in [3.05, 3.63) is 60.2 Å². The van der Waals surface area contributed by atoms with Crippen LogP contribution in [0.4, 0.5) is 5.69 Å². The summed E-state index contributed by atoms with van der Waals surface area (Å²) in [6, 6.07) is 16.4. The number of para-hydroxylation sites is 1. The van der Waals surface area contributed by atoms with E-state index in [1.54, 1.807) is 18.2 Å². The zero-order valence-corrected chi connectivity index (χ0v) is 12.9. The van der Waals surface area contributed by atoms with Gasteiger partial charge in [-0.05, 0) is 24.1 Å². The van der Waals surface area contributed by atoms with Crippen molar-refractivity contribution in [1.29, 1.82) is 0 Å². The highest BCUT2D eigenvalue weighted by atomic mass is 32.2. The van der Waals surface area contributed by atoms with Gasteiger partial charge < -0.3 is 5.32 Å². The van der Waals surface area contributed by atoms with Crippen LogP contribution in [0.15, 0.2) is 59.5 Å². The lowest BCUT2D eigenvalue weighted by Crippen LogP contribution is -2.24. The monoisotopic (exact) mass is 304 g/mol. The van der Waals surface area contributed by atoms with E-state index in [1.807, 2.05) is 43.3 Å². The highest BCUT2D eigenvalue weighted by molar-refractivity contribution is 7.89. The maximum absolute atomic E-state index is 12.4. The fraction of sp³-hybridized carbons (Fsp3) is 0.250. The van der Waals surface area contributed by atoms with Gasteiger partial charge in [0.1, 0.15) is 4.90 Å². The number of rotatable bonds is 7. The van der Waals surface area contributed by atoms with E-state index >= 15 is 0 Å². The summed E-state index contributed by atoms with van der Waals surface area (Å²) < 4.78 is 27.5. The van der Waals surface area contributed by atoms with E-state index in [9.17, 15) is 8.42 Å². The van der Waals surface area contributed by atoms with Crippen LogP contribution in [0.5, 0.6) is 0 Å². The van der Waals surface area contributed by atoms with Crippen LogP contribution in [0.25, 0.3) is 0 Å². The molecule has 0 aliphatic carbocycles. The molecule has 0 fully saturated rings. The first-order valence-electron chi connectivity index (χ1n) is 7.00. The van der Waals surface area contributed by atoms with E-state index in [4.69, 9.17) is 0 Å². The van der Waals surface area contributed by atoms with Crippen molar-refractivity contribution in [2.75, 3.05) is 11.9 Å². The molecule has 0 aromatic heterocycles. The molecule has 2 rings (SSSR count). The number of hydrogen-bond donors (Lipinski definition) is 2. The zero-order chi connectivity index (χ0) is 15.1. The average molecular weight is 304 g/mol. The van der Waals surface area contributed by atoms with Crippen LogP contribution in [-0.4, -0.2) is 15.0 Å². The van der Waals surface area contributed by atoms with Gasteiger partial charge in [0.05, 0.1) is 5.69 Å². The van der Waals surface area contributed by atoms with Crippen molar-refractivity contribution < 1.29 is 8.42 Å². The predicted molar refractivity (Wildman–Crippen MR) is 85.7 cm³/mol. The van der Waals surface area contributed by atoms with Crippen LogP contribution >= 0.6 is 0 Å². The first-order valence-corrected chi connectivity index (χ1v) is 8.48. The number of anilines is 1. The number of hydrogen-bond acceptors (Lipinski definition) is 3. The van der Waals surface area contributed by atoms with Crippen molar-refractivity contribution in [2.45, 2.75) is 24.8 Å². The lowest BCUT2D eigenvalue weighted by molar-refractivity contribution is 0.581. The van der Waals surface area contributed by atoms with Gasteiger partial charge in [-0.1, -0.05) is 49.4 Å². The third-order valence-electron chi connectivity index (χ3n) is 3.05. The Hall–Kier alpha value is -1.85. The van der Waals surface area contributed by atoms with E-state index < -0.39 is 10.0 Å². The molecule has 0 heterocycles.